The van der Waals surface area contributed by atoms with Gasteiger partial charge in [-0.2, -0.15) is 0 Å². The van der Waals surface area contributed by atoms with Gasteiger partial charge in [0.2, 0.25) is 0 Å². The van der Waals surface area contributed by atoms with Gasteiger partial charge in [0, 0.05) is 6.20 Å². The van der Waals surface area contributed by atoms with Crippen LogP contribution in [0.3, 0.4) is 0 Å². The number of carboxylic acids is 1. The molecular weight excluding hydrogens is 234 g/mol. The number of carbonyl (C=O) groups is 2. The van der Waals surface area contributed by atoms with Crippen LogP contribution < -0.4 is 5.32 Å². The normalized spacial score (nSPS) is 9.28. The fraction of sp³-hybridized carbons (Fsp3) is 0.250. The molecule has 0 aliphatic heterocycles. The summed E-state index contributed by atoms with van der Waals surface area (Å²) in [5.41, 5.74) is 0.682. The summed E-state index contributed by atoms with van der Waals surface area (Å²) in [4.78, 5) is 27.3. The summed E-state index contributed by atoms with van der Waals surface area (Å²) < 4.78 is 0. The first-order chi connectivity index (χ1) is 8.63. The summed E-state index contributed by atoms with van der Waals surface area (Å²) >= 11 is 0. The fourth-order valence-corrected chi connectivity index (χ4v) is 1.25. The first-order valence-electron chi connectivity index (χ1n) is 5.21. The number of aromatic nitrogens is 1. The van der Waals surface area contributed by atoms with Gasteiger partial charge < -0.3 is 15.3 Å². The van der Waals surface area contributed by atoms with E-state index in [1.165, 1.54) is 0 Å². The van der Waals surface area contributed by atoms with Crippen molar-refractivity contribution in [2.24, 2.45) is 0 Å². The summed E-state index contributed by atoms with van der Waals surface area (Å²) in [5, 5.41) is 11.2. The van der Waals surface area contributed by atoms with E-state index in [0.29, 0.717) is 5.69 Å². The summed E-state index contributed by atoms with van der Waals surface area (Å²) in [6.45, 7) is -0.265. The van der Waals surface area contributed by atoms with Crippen molar-refractivity contribution < 1.29 is 14.7 Å². The molecule has 2 amide bonds. The van der Waals surface area contributed by atoms with Gasteiger partial charge in [-0.25, -0.2) is 4.79 Å². The molecule has 0 aliphatic carbocycles. The molecule has 0 fully saturated rings. The Kier molecular flexibility index (Phi) is 5.19. The molecule has 1 rings (SSSR count). The van der Waals surface area contributed by atoms with Gasteiger partial charge in [-0.15, -0.1) is 6.42 Å². The van der Waals surface area contributed by atoms with Crippen molar-refractivity contribution in [2.45, 2.75) is 6.54 Å². The van der Waals surface area contributed by atoms with Crippen LogP contribution in [0.15, 0.2) is 24.4 Å². The third-order valence-electron chi connectivity index (χ3n) is 2.04. The molecule has 1 aromatic heterocycles. The van der Waals surface area contributed by atoms with E-state index in [2.05, 4.69) is 16.2 Å². The molecule has 0 atom stereocenters. The second-order valence-electron chi connectivity index (χ2n) is 3.43. The van der Waals surface area contributed by atoms with Crippen molar-refractivity contribution >= 4 is 12.0 Å². The number of nitrogens with zero attached hydrogens (tertiary/aromatic N) is 2. The van der Waals surface area contributed by atoms with Crippen LogP contribution in [0.5, 0.6) is 0 Å². The van der Waals surface area contributed by atoms with Gasteiger partial charge in [-0.05, 0) is 12.1 Å². The summed E-state index contributed by atoms with van der Waals surface area (Å²) in [6, 6.07) is 4.79. The monoisotopic (exact) mass is 247 g/mol. The molecule has 0 aliphatic rings. The van der Waals surface area contributed by atoms with Gasteiger partial charge in [-0.1, -0.05) is 12.0 Å². The summed E-state index contributed by atoms with van der Waals surface area (Å²) in [5.74, 6) is 1.13. The molecular formula is C12H13N3O3. The van der Waals surface area contributed by atoms with Gasteiger partial charge >= 0.3 is 12.0 Å². The minimum atomic E-state index is -1.11. The average Bonchev–Trinajstić information content (AvgIpc) is 2.36. The molecule has 0 aromatic carbocycles. The topological polar surface area (TPSA) is 82.5 Å². The standard InChI is InChI=1S/C12H13N3O3/c1-2-7-15(9-11(16)17)12(18)14-8-10-5-3-4-6-13-10/h1,3-6H,7-9H2,(H,14,18)(H,16,17). The van der Waals surface area contributed by atoms with Gasteiger partial charge in [0.25, 0.3) is 0 Å². The number of hydrogen-bond donors (Lipinski definition) is 2. The lowest BCUT2D eigenvalue weighted by molar-refractivity contribution is -0.137. The summed E-state index contributed by atoms with van der Waals surface area (Å²) in [6.07, 6.45) is 6.68. The molecule has 1 heterocycles. The molecule has 0 unspecified atom stereocenters. The zero-order valence-electron chi connectivity index (χ0n) is 9.67. The number of nitrogens with one attached hydrogen (secondary N) is 1. The number of aliphatic carboxylic acids is 1. The van der Waals surface area contributed by atoms with E-state index in [9.17, 15) is 9.59 Å². The lowest BCUT2D eigenvalue weighted by Gasteiger charge is -2.18. The third kappa shape index (κ3) is 4.53. The lowest BCUT2D eigenvalue weighted by atomic mass is 10.3. The van der Waals surface area contributed by atoms with E-state index < -0.39 is 18.5 Å². The number of rotatable bonds is 5. The highest BCUT2D eigenvalue weighted by Crippen LogP contribution is 1.94. The van der Waals surface area contributed by atoms with Crippen molar-refractivity contribution in [1.29, 1.82) is 0 Å². The third-order valence-corrected chi connectivity index (χ3v) is 2.04. The van der Waals surface area contributed by atoms with E-state index in [1.807, 2.05) is 0 Å². The zero-order chi connectivity index (χ0) is 13.4. The average molecular weight is 247 g/mol. The first-order valence-corrected chi connectivity index (χ1v) is 5.21. The lowest BCUT2D eigenvalue weighted by Crippen LogP contribution is -2.42. The number of pyridine rings is 1. The Morgan fingerprint density at radius 3 is 2.83 bits per heavy atom. The predicted molar refractivity (Wildman–Crippen MR) is 64.5 cm³/mol. The van der Waals surface area contributed by atoms with Gasteiger partial charge in [0.1, 0.15) is 6.54 Å². The van der Waals surface area contributed by atoms with Gasteiger partial charge in [-0.3, -0.25) is 9.78 Å². The second-order valence-corrected chi connectivity index (χ2v) is 3.43. The SMILES string of the molecule is C#CCN(CC(=O)O)C(=O)NCc1ccccn1. The van der Waals surface area contributed by atoms with Crippen molar-refractivity contribution in [3.8, 4) is 12.3 Å². The minimum Gasteiger partial charge on any atom is -0.480 e. The Balaban J connectivity index is 2.52. The molecule has 6 heteroatoms. The molecule has 0 saturated carbocycles. The van der Waals surface area contributed by atoms with Crippen LogP contribution in [0.25, 0.3) is 0 Å². The van der Waals surface area contributed by atoms with Crippen molar-refractivity contribution in [3.05, 3.63) is 30.1 Å². The van der Waals surface area contributed by atoms with Crippen LogP contribution in [0.4, 0.5) is 4.79 Å². The zero-order valence-corrected chi connectivity index (χ0v) is 9.67. The Morgan fingerprint density at radius 2 is 2.28 bits per heavy atom. The highest BCUT2D eigenvalue weighted by atomic mass is 16.4. The van der Waals surface area contributed by atoms with Crippen molar-refractivity contribution in [3.63, 3.8) is 0 Å². The number of amides is 2. The molecule has 94 valence electrons. The highest BCUT2D eigenvalue weighted by molar-refractivity contribution is 5.80. The van der Waals surface area contributed by atoms with E-state index >= 15 is 0 Å². The number of carbonyl (C=O) groups excluding carboxylic acids is 1. The molecule has 0 bridgehead atoms. The molecule has 18 heavy (non-hydrogen) atoms. The van der Waals surface area contributed by atoms with E-state index in [0.717, 1.165) is 4.90 Å². The number of urea groups is 1. The Bertz CT molecular complexity index is 453. The molecule has 1 aromatic rings. The molecule has 0 radical (unpaired) electrons. The summed E-state index contributed by atoms with van der Waals surface area (Å²) in [7, 11) is 0. The molecule has 6 nitrogen and oxygen atoms in total. The van der Waals surface area contributed by atoms with E-state index in [1.54, 1.807) is 24.4 Å². The minimum absolute atomic E-state index is 0.0552. The van der Waals surface area contributed by atoms with Crippen LogP contribution in [0, 0.1) is 12.3 Å². The number of carboxylic acid groups (broad SMARTS) is 1. The Labute approximate surface area is 105 Å². The smallest absolute Gasteiger partial charge is 0.323 e. The maximum atomic E-state index is 11.7. The van der Waals surface area contributed by atoms with E-state index in [-0.39, 0.29) is 13.1 Å². The van der Waals surface area contributed by atoms with Crippen LogP contribution in [0.1, 0.15) is 5.69 Å². The Hall–Kier alpha value is -2.55. The maximum absolute atomic E-state index is 11.7. The second kappa shape index (κ2) is 6.91. The molecule has 2 N–H and O–H groups in total. The van der Waals surface area contributed by atoms with Gasteiger partial charge in [0.15, 0.2) is 0 Å². The largest absolute Gasteiger partial charge is 0.480 e. The quantitative estimate of drug-likeness (QED) is 0.734. The number of hydrogen-bond acceptors (Lipinski definition) is 3. The van der Waals surface area contributed by atoms with Crippen LogP contribution in [0.2, 0.25) is 0 Å². The van der Waals surface area contributed by atoms with Gasteiger partial charge in [0.05, 0.1) is 18.8 Å². The number of terminal acetylenes is 1. The van der Waals surface area contributed by atoms with Crippen molar-refractivity contribution in [2.75, 3.05) is 13.1 Å². The maximum Gasteiger partial charge on any atom is 0.323 e. The highest BCUT2D eigenvalue weighted by Gasteiger charge is 2.15. The van der Waals surface area contributed by atoms with Crippen LogP contribution in [-0.4, -0.2) is 40.1 Å². The van der Waals surface area contributed by atoms with E-state index in [4.69, 9.17) is 11.5 Å². The molecule has 0 spiro atoms. The van der Waals surface area contributed by atoms with Crippen LogP contribution >= 0.6 is 0 Å². The molecule has 0 saturated heterocycles. The first kappa shape index (κ1) is 13.5. The van der Waals surface area contributed by atoms with Crippen LogP contribution in [-0.2, 0) is 11.3 Å². The fourth-order valence-electron chi connectivity index (χ4n) is 1.25. The predicted octanol–water partition coefficient (Wildman–Crippen LogP) is 0.311. The Morgan fingerprint density at radius 1 is 1.50 bits per heavy atom. The van der Waals surface area contributed by atoms with Crippen molar-refractivity contribution in [1.82, 2.24) is 15.2 Å².